The van der Waals surface area contributed by atoms with Crippen LogP contribution in [0.15, 0.2) is 12.1 Å². The third kappa shape index (κ3) is 3.19. The average molecular weight is 282 g/mol. The maximum Gasteiger partial charge on any atom is 0.337 e. The standard InChI is InChI=1S/C14H19FN2O3/c1-20-5-4-14(2-3-14)8-17-12-6-9(13(18)19)11(16)7-10(12)15/h6-7,17H,2-5,8,16H2,1H3,(H,18,19). The van der Waals surface area contributed by atoms with Gasteiger partial charge in [0.1, 0.15) is 5.82 Å². The highest BCUT2D eigenvalue weighted by molar-refractivity contribution is 5.94. The van der Waals surface area contributed by atoms with E-state index in [4.69, 9.17) is 15.6 Å². The Morgan fingerprint density at radius 3 is 2.80 bits per heavy atom. The third-order valence-electron chi connectivity index (χ3n) is 3.82. The van der Waals surface area contributed by atoms with Crippen molar-refractivity contribution in [2.75, 3.05) is 31.3 Å². The molecule has 5 nitrogen and oxygen atoms in total. The van der Waals surface area contributed by atoms with Gasteiger partial charge in [-0.1, -0.05) is 0 Å². The molecule has 0 bridgehead atoms. The summed E-state index contributed by atoms with van der Waals surface area (Å²) < 4.78 is 18.8. The number of ether oxygens (including phenoxy) is 1. The first kappa shape index (κ1) is 14.6. The van der Waals surface area contributed by atoms with Crippen molar-refractivity contribution in [2.24, 2.45) is 5.41 Å². The molecule has 6 heteroatoms. The highest BCUT2D eigenvalue weighted by atomic mass is 19.1. The number of methoxy groups -OCH3 is 1. The number of carboxylic acids is 1. The molecular weight excluding hydrogens is 263 g/mol. The molecule has 0 aliphatic heterocycles. The van der Waals surface area contributed by atoms with Crippen LogP contribution in [0, 0.1) is 11.2 Å². The first-order valence-corrected chi connectivity index (χ1v) is 6.52. The Balaban J connectivity index is 2.06. The molecule has 0 spiro atoms. The highest BCUT2D eigenvalue weighted by Crippen LogP contribution is 2.48. The number of carbonyl (C=O) groups is 1. The minimum atomic E-state index is -1.16. The van der Waals surface area contributed by atoms with Crippen LogP contribution >= 0.6 is 0 Å². The molecule has 2 rings (SSSR count). The third-order valence-corrected chi connectivity index (χ3v) is 3.82. The number of rotatable bonds is 7. The van der Waals surface area contributed by atoms with Crippen molar-refractivity contribution < 1.29 is 19.0 Å². The van der Waals surface area contributed by atoms with Gasteiger partial charge in [-0.05, 0) is 36.8 Å². The average Bonchev–Trinajstić information content (AvgIpc) is 3.15. The number of anilines is 2. The first-order chi connectivity index (χ1) is 9.47. The van der Waals surface area contributed by atoms with E-state index < -0.39 is 11.8 Å². The molecule has 110 valence electrons. The van der Waals surface area contributed by atoms with E-state index >= 15 is 0 Å². The van der Waals surface area contributed by atoms with Crippen molar-refractivity contribution >= 4 is 17.3 Å². The summed E-state index contributed by atoms with van der Waals surface area (Å²) in [7, 11) is 1.66. The zero-order valence-corrected chi connectivity index (χ0v) is 11.4. The predicted molar refractivity (Wildman–Crippen MR) is 74.4 cm³/mol. The Morgan fingerprint density at radius 2 is 2.25 bits per heavy atom. The van der Waals surface area contributed by atoms with Crippen molar-refractivity contribution in [1.29, 1.82) is 0 Å². The van der Waals surface area contributed by atoms with Crippen LogP contribution < -0.4 is 11.1 Å². The van der Waals surface area contributed by atoms with Gasteiger partial charge < -0.3 is 20.9 Å². The molecule has 1 aromatic rings. The molecular formula is C14H19FN2O3. The fraction of sp³-hybridized carbons (Fsp3) is 0.500. The molecule has 1 aliphatic carbocycles. The van der Waals surface area contributed by atoms with Crippen LogP contribution in [-0.4, -0.2) is 31.3 Å². The van der Waals surface area contributed by atoms with Gasteiger partial charge in [0.15, 0.2) is 0 Å². The number of hydrogen-bond donors (Lipinski definition) is 3. The Morgan fingerprint density at radius 1 is 1.55 bits per heavy atom. The van der Waals surface area contributed by atoms with Crippen LogP contribution in [0.4, 0.5) is 15.8 Å². The first-order valence-electron chi connectivity index (χ1n) is 6.52. The van der Waals surface area contributed by atoms with Gasteiger partial charge in [0, 0.05) is 25.9 Å². The van der Waals surface area contributed by atoms with Crippen LogP contribution in [0.3, 0.4) is 0 Å². The summed E-state index contributed by atoms with van der Waals surface area (Å²) in [5.74, 6) is -1.69. The van der Waals surface area contributed by atoms with Gasteiger partial charge in [0.05, 0.1) is 11.3 Å². The number of nitrogen functional groups attached to an aromatic ring is 1. The number of benzene rings is 1. The Bertz CT molecular complexity index is 515. The minimum Gasteiger partial charge on any atom is -0.478 e. The summed E-state index contributed by atoms with van der Waals surface area (Å²) in [5, 5.41) is 12.0. The van der Waals surface area contributed by atoms with E-state index in [2.05, 4.69) is 5.32 Å². The molecule has 0 unspecified atom stereocenters. The number of hydrogen-bond acceptors (Lipinski definition) is 4. The van der Waals surface area contributed by atoms with Crippen molar-refractivity contribution in [3.05, 3.63) is 23.5 Å². The van der Waals surface area contributed by atoms with Crippen LogP contribution in [0.25, 0.3) is 0 Å². The topological polar surface area (TPSA) is 84.6 Å². The van der Waals surface area contributed by atoms with Crippen molar-refractivity contribution in [2.45, 2.75) is 19.3 Å². The van der Waals surface area contributed by atoms with E-state index in [-0.39, 0.29) is 22.4 Å². The van der Waals surface area contributed by atoms with E-state index in [9.17, 15) is 9.18 Å². The SMILES string of the molecule is COCCC1(CNc2cc(C(=O)O)c(N)cc2F)CC1. The summed E-state index contributed by atoms with van der Waals surface area (Å²) in [6, 6.07) is 2.29. The van der Waals surface area contributed by atoms with E-state index in [0.717, 1.165) is 25.3 Å². The van der Waals surface area contributed by atoms with Gasteiger partial charge in [0.2, 0.25) is 0 Å². The normalized spacial score (nSPS) is 15.9. The summed E-state index contributed by atoms with van der Waals surface area (Å²) >= 11 is 0. The van der Waals surface area contributed by atoms with Crippen LogP contribution in [0.5, 0.6) is 0 Å². The van der Waals surface area contributed by atoms with E-state index in [1.165, 1.54) is 6.07 Å². The Labute approximate surface area is 116 Å². The lowest BCUT2D eigenvalue weighted by Gasteiger charge is -2.17. The molecule has 1 aliphatic rings. The van der Waals surface area contributed by atoms with Gasteiger partial charge in [-0.3, -0.25) is 0 Å². The number of carboxylic acid groups (broad SMARTS) is 1. The predicted octanol–water partition coefficient (Wildman–Crippen LogP) is 2.33. The van der Waals surface area contributed by atoms with Crippen LogP contribution in [-0.2, 0) is 4.74 Å². The minimum absolute atomic E-state index is 0.0685. The van der Waals surface area contributed by atoms with E-state index in [0.29, 0.717) is 13.2 Å². The molecule has 0 aromatic heterocycles. The highest BCUT2D eigenvalue weighted by Gasteiger charge is 2.41. The van der Waals surface area contributed by atoms with Gasteiger partial charge in [-0.15, -0.1) is 0 Å². The smallest absolute Gasteiger partial charge is 0.337 e. The maximum atomic E-state index is 13.8. The number of aromatic carboxylic acids is 1. The second-order valence-electron chi connectivity index (χ2n) is 5.32. The lowest BCUT2D eigenvalue weighted by molar-refractivity contribution is 0.0698. The molecule has 1 fully saturated rings. The molecule has 1 saturated carbocycles. The summed E-state index contributed by atoms with van der Waals surface area (Å²) in [6.07, 6.45) is 3.07. The second kappa shape index (κ2) is 5.66. The van der Waals surface area contributed by atoms with Gasteiger partial charge in [-0.25, -0.2) is 9.18 Å². The summed E-state index contributed by atoms with van der Waals surface area (Å²) in [4.78, 5) is 11.0. The fourth-order valence-corrected chi connectivity index (χ4v) is 2.20. The zero-order valence-electron chi connectivity index (χ0n) is 11.4. The molecule has 1 aromatic carbocycles. The van der Waals surface area contributed by atoms with Crippen LogP contribution in [0.1, 0.15) is 29.6 Å². The molecule has 0 atom stereocenters. The quantitative estimate of drug-likeness (QED) is 0.668. The molecule has 0 amide bonds. The van der Waals surface area contributed by atoms with Crippen LogP contribution in [0.2, 0.25) is 0 Å². The monoisotopic (exact) mass is 282 g/mol. The maximum absolute atomic E-state index is 13.8. The lowest BCUT2D eigenvalue weighted by atomic mass is 10.0. The van der Waals surface area contributed by atoms with E-state index in [1.807, 2.05) is 0 Å². The fourth-order valence-electron chi connectivity index (χ4n) is 2.20. The van der Waals surface area contributed by atoms with Crippen molar-refractivity contribution in [3.63, 3.8) is 0 Å². The molecule has 0 heterocycles. The largest absolute Gasteiger partial charge is 0.478 e. The summed E-state index contributed by atoms with van der Waals surface area (Å²) in [5.41, 5.74) is 5.66. The summed E-state index contributed by atoms with van der Waals surface area (Å²) in [6.45, 7) is 1.28. The van der Waals surface area contributed by atoms with E-state index in [1.54, 1.807) is 7.11 Å². The second-order valence-corrected chi connectivity index (χ2v) is 5.32. The van der Waals surface area contributed by atoms with Crippen molar-refractivity contribution in [1.82, 2.24) is 0 Å². The number of halogens is 1. The number of nitrogens with one attached hydrogen (secondary N) is 1. The number of nitrogens with two attached hydrogens (primary N) is 1. The molecule has 0 saturated heterocycles. The van der Waals surface area contributed by atoms with Gasteiger partial charge >= 0.3 is 5.97 Å². The lowest BCUT2D eigenvalue weighted by Crippen LogP contribution is -2.18. The molecule has 4 N–H and O–H groups in total. The Kier molecular flexibility index (Phi) is 4.13. The zero-order chi connectivity index (χ0) is 14.8. The van der Waals surface area contributed by atoms with Gasteiger partial charge in [-0.2, -0.15) is 0 Å². The van der Waals surface area contributed by atoms with Crippen molar-refractivity contribution in [3.8, 4) is 0 Å². The Hall–Kier alpha value is -1.82. The molecule has 0 radical (unpaired) electrons. The van der Waals surface area contributed by atoms with Gasteiger partial charge in [0.25, 0.3) is 0 Å². The molecule has 20 heavy (non-hydrogen) atoms.